The van der Waals surface area contributed by atoms with Crippen molar-refractivity contribution in [1.82, 2.24) is 15.5 Å². The summed E-state index contributed by atoms with van der Waals surface area (Å²) in [6.07, 6.45) is 0.988. The third kappa shape index (κ3) is 7.94. The molecule has 23 heavy (non-hydrogen) atoms. The first-order chi connectivity index (χ1) is 10.9. The van der Waals surface area contributed by atoms with Crippen LogP contribution in [0.15, 0.2) is 18.2 Å². The van der Waals surface area contributed by atoms with Crippen molar-refractivity contribution in [3.8, 4) is 11.5 Å². The lowest BCUT2D eigenvalue weighted by molar-refractivity contribution is -0.0512. The summed E-state index contributed by atoms with van der Waals surface area (Å²) in [5, 5.41) is 6.73. The van der Waals surface area contributed by atoms with Gasteiger partial charge in [-0.1, -0.05) is 6.07 Å². The largest absolute Gasteiger partial charge is 0.493 e. The smallest absolute Gasteiger partial charge is 0.387 e. The number of thiocarbonyl (C=S) groups is 1. The summed E-state index contributed by atoms with van der Waals surface area (Å²) in [5.41, 5.74) is 0.848. The molecule has 0 saturated heterocycles. The molecule has 8 heteroatoms. The van der Waals surface area contributed by atoms with E-state index >= 15 is 0 Å². The molecule has 0 atom stereocenters. The summed E-state index contributed by atoms with van der Waals surface area (Å²) in [5.74, 6) is 0.269. The number of hydrogen-bond acceptors (Lipinski definition) is 4. The third-order valence-electron chi connectivity index (χ3n) is 2.96. The van der Waals surface area contributed by atoms with Gasteiger partial charge in [0.25, 0.3) is 0 Å². The molecule has 0 amide bonds. The van der Waals surface area contributed by atoms with E-state index in [0.29, 0.717) is 11.7 Å². The van der Waals surface area contributed by atoms with E-state index in [2.05, 4.69) is 20.3 Å². The molecule has 0 heterocycles. The number of rotatable bonds is 9. The Kier molecular flexibility index (Phi) is 8.57. The molecule has 0 aromatic heterocycles. The molecule has 0 radical (unpaired) electrons. The van der Waals surface area contributed by atoms with Crippen LogP contribution in [0.2, 0.25) is 0 Å². The Morgan fingerprint density at radius 2 is 2.00 bits per heavy atom. The predicted molar refractivity (Wildman–Crippen MR) is 90.2 cm³/mol. The van der Waals surface area contributed by atoms with Crippen LogP contribution < -0.4 is 20.1 Å². The maximum atomic E-state index is 12.3. The van der Waals surface area contributed by atoms with Gasteiger partial charge < -0.3 is 25.0 Å². The van der Waals surface area contributed by atoms with Gasteiger partial charge in [0, 0.05) is 13.1 Å². The van der Waals surface area contributed by atoms with Gasteiger partial charge in [-0.25, -0.2) is 0 Å². The normalized spacial score (nSPS) is 10.7. The first kappa shape index (κ1) is 19.4. The van der Waals surface area contributed by atoms with Crippen molar-refractivity contribution in [2.45, 2.75) is 19.6 Å². The van der Waals surface area contributed by atoms with E-state index in [0.717, 1.165) is 25.1 Å². The van der Waals surface area contributed by atoms with Crippen molar-refractivity contribution in [2.24, 2.45) is 0 Å². The highest BCUT2D eigenvalue weighted by atomic mass is 32.1. The minimum atomic E-state index is -2.88. The molecular weight excluding hydrogens is 324 g/mol. The highest BCUT2D eigenvalue weighted by Gasteiger charge is 2.11. The molecule has 1 aromatic carbocycles. The van der Waals surface area contributed by atoms with Crippen molar-refractivity contribution in [3.63, 3.8) is 0 Å². The average Bonchev–Trinajstić information content (AvgIpc) is 2.49. The van der Waals surface area contributed by atoms with Gasteiger partial charge in [0.1, 0.15) is 0 Å². The van der Waals surface area contributed by atoms with Crippen LogP contribution in [-0.2, 0) is 6.54 Å². The number of nitrogens with one attached hydrogen (secondary N) is 2. The maximum absolute atomic E-state index is 12.3. The Morgan fingerprint density at radius 3 is 2.61 bits per heavy atom. The Hall–Kier alpha value is -1.67. The lowest BCUT2D eigenvalue weighted by Crippen LogP contribution is -2.36. The lowest BCUT2D eigenvalue weighted by atomic mass is 10.2. The lowest BCUT2D eigenvalue weighted by Gasteiger charge is -2.14. The Balaban J connectivity index is 2.43. The molecule has 0 spiro atoms. The number of benzene rings is 1. The van der Waals surface area contributed by atoms with Crippen molar-refractivity contribution in [1.29, 1.82) is 0 Å². The SMILES string of the molecule is COc1cc(CNC(=S)NCCCN(C)C)ccc1OC(F)F. The van der Waals surface area contributed by atoms with E-state index in [-0.39, 0.29) is 11.5 Å². The van der Waals surface area contributed by atoms with E-state index in [1.807, 2.05) is 14.1 Å². The van der Waals surface area contributed by atoms with E-state index < -0.39 is 6.61 Å². The first-order valence-corrected chi connectivity index (χ1v) is 7.61. The van der Waals surface area contributed by atoms with Crippen LogP contribution >= 0.6 is 12.2 Å². The standard InChI is InChI=1S/C15H23F2N3O2S/c1-20(2)8-4-7-18-15(23)19-10-11-5-6-12(22-14(16)17)13(9-11)21-3/h5-6,9,14H,4,7-8,10H2,1-3H3,(H2,18,19,23). The zero-order valence-electron chi connectivity index (χ0n) is 13.6. The summed E-state index contributed by atoms with van der Waals surface area (Å²) in [6.45, 7) is -0.649. The molecule has 0 bridgehead atoms. The summed E-state index contributed by atoms with van der Waals surface area (Å²) < 4.78 is 34.0. The fourth-order valence-corrected chi connectivity index (χ4v) is 2.03. The number of methoxy groups -OCH3 is 1. The van der Waals surface area contributed by atoms with Crippen LogP contribution in [0.25, 0.3) is 0 Å². The predicted octanol–water partition coefficient (Wildman–Crippen LogP) is 2.21. The third-order valence-corrected chi connectivity index (χ3v) is 3.25. The number of nitrogens with zero attached hydrogens (tertiary/aromatic N) is 1. The van der Waals surface area contributed by atoms with Crippen molar-refractivity contribution < 1.29 is 18.3 Å². The molecule has 1 rings (SSSR count). The van der Waals surface area contributed by atoms with Gasteiger partial charge >= 0.3 is 6.61 Å². The molecule has 0 fully saturated rings. The van der Waals surface area contributed by atoms with Gasteiger partial charge in [-0.2, -0.15) is 8.78 Å². The van der Waals surface area contributed by atoms with Gasteiger partial charge in [0.05, 0.1) is 7.11 Å². The van der Waals surface area contributed by atoms with E-state index in [9.17, 15) is 8.78 Å². The minimum Gasteiger partial charge on any atom is -0.493 e. The highest BCUT2D eigenvalue weighted by Crippen LogP contribution is 2.29. The number of hydrogen-bond donors (Lipinski definition) is 2. The van der Waals surface area contributed by atoms with Crippen LogP contribution in [0, 0.1) is 0 Å². The summed E-state index contributed by atoms with van der Waals surface area (Å²) in [7, 11) is 5.44. The van der Waals surface area contributed by atoms with Crippen molar-refractivity contribution >= 4 is 17.3 Å². The fourth-order valence-electron chi connectivity index (χ4n) is 1.86. The highest BCUT2D eigenvalue weighted by molar-refractivity contribution is 7.80. The summed E-state index contributed by atoms with van der Waals surface area (Å²) >= 11 is 5.19. The molecule has 0 aliphatic carbocycles. The number of ether oxygens (including phenoxy) is 2. The van der Waals surface area contributed by atoms with Crippen LogP contribution in [0.3, 0.4) is 0 Å². The van der Waals surface area contributed by atoms with E-state index in [4.69, 9.17) is 17.0 Å². The molecule has 0 aliphatic rings. The molecule has 0 unspecified atom stereocenters. The van der Waals surface area contributed by atoms with Crippen molar-refractivity contribution in [3.05, 3.63) is 23.8 Å². The minimum absolute atomic E-state index is 0.00985. The molecule has 130 valence electrons. The van der Waals surface area contributed by atoms with Gasteiger partial charge in [-0.3, -0.25) is 0 Å². The molecule has 1 aromatic rings. The van der Waals surface area contributed by atoms with Crippen LogP contribution in [0.4, 0.5) is 8.78 Å². The number of alkyl halides is 2. The van der Waals surface area contributed by atoms with E-state index in [1.165, 1.54) is 13.2 Å². The zero-order chi connectivity index (χ0) is 17.2. The second-order valence-electron chi connectivity index (χ2n) is 5.13. The second kappa shape index (κ2) is 10.2. The van der Waals surface area contributed by atoms with Gasteiger partial charge in [-0.05, 0) is 57.0 Å². The molecule has 0 saturated carbocycles. The van der Waals surface area contributed by atoms with Gasteiger partial charge in [0.15, 0.2) is 16.6 Å². The van der Waals surface area contributed by atoms with Crippen LogP contribution in [0.1, 0.15) is 12.0 Å². The molecule has 0 aliphatic heterocycles. The quantitative estimate of drug-likeness (QED) is 0.528. The maximum Gasteiger partial charge on any atom is 0.387 e. The van der Waals surface area contributed by atoms with Crippen LogP contribution in [-0.4, -0.2) is 50.9 Å². The first-order valence-electron chi connectivity index (χ1n) is 7.20. The zero-order valence-corrected chi connectivity index (χ0v) is 14.4. The second-order valence-corrected chi connectivity index (χ2v) is 5.54. The van der Waals surface area contributed by atoms with Crippen molar-refractivity contribution in [2.75, 3.05) is 34.3 Å². The van der Waals surface area contributed by atoms with Gasteiger partial charge in [-0.15, -0.1) is 0 Å². The fraction of sp³-hybridized carbons (Fsp3) is 0.533. The molecule has 5 nitrogen and oxygen atoms in total. The Bertz CT molecular complexity index is 502. The van der Waals surface area contributed by atoms with Gasteiger partial charge in [0.2, 0.25) is 0 Å². The van der Waals surface area contributed by atoms with Crippen LogP contribution in [0.5, 0.6) is 11.5 Å². The van der Waals surface area contributed by atoms with E-state index in [1.54, 1.807) is 12.1 Å². The average molecular weight is 347 g/mol. The molecular formula is C15H23F2N3O2S. The molecule has 2 N–H and O–H groups in total. The Labute approximate surface area is 140 Å². The summed E-state index contributed by atoms with van der Waals surface area (Å²) in [4.78, 5) is 2.10. The summed E-state index contributed by atoms with van der Waals surface area (Å²) in [6, 6.07) is 4.77. The monoisotopic (exact) mass is 347 g/mol. The number of halogens is 2. The Morgan fingerprint density at radius 1 is 1.26 bits per heavy atom. The topological polar surface area (TPSA) is 45.8 Å².